The van der Waals surface area contributed by atoms with Crippen molar-refractivity contribution in [3.63, 3.8) is 0 Å². The number of thiophene rings is 1. The fourth-order valence-corrected chi connectivity index (χ4v) is 3.73. The number of hydrogen-bond donors (Lipinski definition) is 0. The average Bonchev–Trinajstić information content (AvgIpc) is 2.81. The molecule has 2 aromatic carbocycles. The molecule has 1 heterocycles. The summed E-state index contributed by atoms with van der Waals surface area (Å²) >= 11 is 1.67. The molecular weight excluding hydrogens is 276 g/mol. The van der Waals surface area contributed by atoms with E-state index in [2.05, 4.69) is 18.2 Å². The maximum atomic E-state index is 11.6. The van der Waals surface area contributed by atoms with E-state index in [9.17, 15) is 8.42 Å². The fraction of sp³-hybridized carbons (Fsp3) is 0.0667. The van der Waals surface area contributed by atoms with Crippen LogP contribution in [-0.2, 0) is 9.84 Å². The molecule has 2 nitrogen and oxygen atoms in total. The third-order valence-corrected chi connectivity index (χ3v) is 5.25. The van der Waals surface area contributed by atoms with Gasteiger partial charge in [0.05, 0.1) is 4.90 Å². The van der Waals surface area contributed by atoms with E-state index in [1.54, 1.807) is 29.5 Å². The third-order valence-electron chi connectivity index (χ3n) is 2.97. The number of fused-ring (bicyclic) bond motifs is 1. The summed E-state index contributed by atoms with van der Waals surface area (Å²) in [6, 6.07) is 17.4. The van der Waals surface area contributed by atoms with Gasteiger partial charge in [0.2, 0.25) is 0 Å². The van der Waals surface area contributed by atoms with Crippen molar-refractivity contribution in [1.29, 1.82) is 0 Å². The maximum Gasteiger partial charge on any atom is 0.175 e. The van der Waals surface area contributed by atoms with Crippen molar-refractivity contribution in [3.8, 4) is 10.4 Å². The van der Waals surface area contributed by atoms with E-state index in [1.807, 2.05) is 18.2 Å². The Labute approximate surface area is 116 Å². The van der Waals surface area contributed by atoms with E-state index < -0.39 is 9.84 Å². The zero-order valence-electron chi connectivity index (χ0n) is 10.3. The minimum atomic E-state index is -3.16. The second kappa shape index (κ2) is 4.47. The van der Waals surface area contributed by atoms with Crippen LogP contribution >= 0.6 is 11.3 Å². The van der Waals surface area contributed by atoms with Crippen molar-refractivity contribution in [2.45, 2.75) is 4.90 Å². The standard InChI is InChI=1S/C15H12O2S2/c1-19(16,17)13-7-4-6-11(9-13)15-10-12-5-2-3-8-14(12)18-15/h2-10H,1H3. The first-order chi connectivity index (χ1) is 9.04. The van der Waals surface area contributed by atoms with E-state index in [0.29, 0.717) is 4.90 Å². The number of rotatable bonds is 2. The Balaban J connectivity index is 2.16. The molecule has 0 saturated carbocycles. The van der Waals surface area contributed by atoms with Crippen molar-refractivity contribution in [2.24, 2.45) is 0 Å². The number of hydrogen-bond acceptors (Lipinski definition) is 3. The van der Waals surface area contributed by atoms with Gasteiger partial charge < -0.3 is 0 Å². The lowest BCUT2D eigenvalue weighted by Gasteiger charge is -2.01. The summed E-state index contributed by atoms with van der Waals surface area (Å²) in [5.74, 6) is 0. The summed E-state index contributed by atoms with van der Waals surface area (Å²) in [4.78, 5) is 1.45. The Hall–Kier alpha value is -1.65. The molecule has 1 aromatic heterocycles. The van der Waals surface area contributed by atoms with Gasteiger partial charge in [0.15, 0.2) is 9.84 Å². The zero-order chi connectivity index (χ0) is 13.5. The van der Waals surface area contributed by atoms with Gasteiger partial charge in [-0.25, -0.2) is 8.42 Å². The van der Waals surface area contributed by atoms with Crippen LogP contribution in [-0.4, -0.2) is 14.7 Å². The highest BCUT2D eigenvalue weighted by Crippen LogP contribution is 2.34. The van der Waals surface area contributed by atoms with Crippen molar-refractivity contribution in [2.75, 3.05) is 6.26 Å². The summed E-state index contributed by atoms with van der Waals surface area (Å²) in [5.41, 5.74) is 0.948. The highest BCUT2D eigenvalue weighted by molar-refractivity contribution is 7.90. The van der Waals surface area contributed by atoms with Gasteiger partial charge in [-0.05, 0) is 35.2 Å². The maximum absolute atomic E-state index is 11.6. The molecule has 0 bridgehead atoms. The number of benzene rings is 2. The van der Waals surface area contributed by atoms with Crippen LogP contribution in [0.15, 0.2) is 59.5 Å². The van der Waals surface area contributed by atoms with Crippen LogP contribution in [0.3, 0.4) is 0 Å². The summed E-state index contributed by atoms with van der Waals surface area (Å²) < 4.78 is 24.4. The Kier molecular flexibility index (Phi) is 2.92. The molecule has 3 rings (SSSR count). The van der Waals surface area contributed by atoms with E-state index in [4.69, 9.17) is 0 Å². The van der Waals surface area contributed by atoms with E-state index >= 15 is 0 Å². The van der Waals surface area contributed by atoms with Gasteiger partial charge >= 0.3 is 0 Å². The lowest BCUT2D eigenvalue weighted by Crippen LogP contribution is -1.96. The molecule has 96 valence electrons. The summed E-state index contributed by atoms with van der Waals surface area (Å²) in [6.45, 7) is 0. The van der Waals surface area contributed by atoms with Crippen LogP contribution < -0.4 is 0 Å². The molecule has 0 aliphatic carbocycles. The minimum absolute atomic E-state index is 0.363. The molecule has 0 fully saturated rings. The second-order valence-corrected chi connectivity index (χ2v) is 7.55. The molecule has 0 N–H and O–H groups in total. The monoisotopic (exact) mass is 288 g/mol. The van der Waals surface area contributed by atoms with Gasteiger partial charge in [0, 0.05) is 15.8 Å². The molecule has 0 spiro atoms. The summed E-state index contributed by atoms with van der Waals surface area (Å²) in [7, 11) is -3.16. The van der Waals surface area contributed by atoms with Crippen LogP contribution in [0.4, 0.5) is 0 Å². The van der Waals surface area contributed by atoms with Crippen molar-refractivity contribution in [1.82, 2.24) is 0 Å². The number of sulfone groups is 1. The molecule has 0 amide bonds. The van der Waals surface area contributed by atoms with Gasteiger partial charge in [-0.3, -0.25) is 0 Å². The molecule has 4 heteroatoms. The zero-order valence-corrected chi connectivity index (χ0v) is 12.0. The highest BCUT2D eigenvalue weighted by atomic mass is 32.2. The lowest BCUT2D eigenvalue weighted by molar-refractivity contribution is 0.602. The van der Waals surface area contributed by atoms with Gasteiger partial charge in [0.1, 0.15) is 0 Å². The van der Waals surface area contributed by atoms with E-state index in [0.717, 1.165) is 10.4 Å². The van der Waals surface area contributed by atoms with Crippen molar-refractivity contribution < 1.29 is 8.42 Å². The molecule has 3 aromatic rings. The molecule has 0 saturated heterocycles. The first-order valence-electron chi connectivity index (χ1n) is 5.83. The Morgan fingerprint density at radius 1 is 0.947 bits per heavy atom. The van der Waals surface area contributed by atoms with Crippen LogP contribution in [0.2, 0.25) is 0 Å². The molecule has 0 unspecified atom stereocenters. The lowest BCUT2D eigenvalue weighted by atomic mass is 10.1. The third kappa shape index (κ3) is 2.41. The molecule has 0 aliphatic heterocycles. The molecule has 19 heavy (non-hydrogen) atoms. The SMILES string of the molecule is CS(=O)(=O)c1cccc(-c2cc3ccccc3s2)c1. The quantitative estimate of drug-likeness (QED) is 0.715. The normalized spacial score (nSPS) is 11.8. The van der Waals surface area contributed by atoms with Gasteiger partial charge in [0.25, 0.3) is 0 Å². The second-order valence-electron chi connectivity index (χ2n) is 4.45. The molecule has 0 aliphatic rings. The largest absolute Gasteiger partial charge is 0.224 e. The van der Waals surface area contributed by atoms with Gasteiger partial charge in [-0.2, -0.15) is 0 Å². The van der Waals surface area contributed by atoms with Crippen LogP contribution in [0, 0.1) is 0 Å². The first kappa shape index (κ1) is 12.4. The van der Waals surface area contributed by atoms with Crippen molar-refractivity contribution in [3.05, 3.63) is 54.6 Å². The highest BCUT2D eigenvalue weighted by Gasteiger charge is 2.09. The molecule has 0 atom stereocenters. The Morgan fingerprint density at radius 2 is 1.74 bits per heavy atom. The first-order valence-corrected chi connectivity index (χ1v) is 8.54. The summed E-state index contributed by atoms with van der Waals surface area (Å²) in [6.07, 6.45) is 1.23. The Bertz CT molecular complexity index is 812. The fourth-order valence-electron chi connectivity index (χ4n) is 2.00. The van der Waals surface area contributed by atoms with Crippen LogP contribution in [0.25, 0.3) is 20.5 Å². The molecular formula is C15H12O2S2. The van der Waals surface area contributed by atoms with Crippen LogP contribution in [0.1, 0.15) is 0 Å². The average molecular weight is 288 g/mol. The predicted molar refractivity (Wildman–Crippen MR) is 80.4 cm³/mol. The van der Waals surface area contributed by atoms with Gasteiger partial charge in [-0.1, -0.05) is 30.3 Å². The predicted octanol–water partition coefficient (Wildman–Crippen LogP) is 3.97. The van der Waals surface area contributed by atoms with E-state index in [1.165, 1.54) is 16.3 Å². The minimum Gasteiger partial charge on any atom is -0.224 e. The Morgan fingerprint density at radius 3 is 2.47 bits per heavy atom. The van der Waals surface area contributed by atoms with Crippen molar-refractivity contribution >= 4 is 31.3 Å². The summed E-state index contributed by atoms with van der Waals surface area (Å²) in [5, 5.41) is 1.19. The molecule has 0 radical (unpaired) electrons. The van der Waals surface area contributed by atoms with Crippen LogP contribution in [0.5, 0.6) is 0 Å². The smallest absolute Gasteiger partial charge is 0.175 e. The van der Waals surface area contributed by atoms with E-state index in [-0.39, 0.29) is 0 Å². The van der Waals surface area contributed by atoms with Gasteiger partial charge in [-0.15, -0.1) is 11.3 Å². The topological polar surface area (TPSA) is 34.1 Å².